The summed E-state index contributed by atoms with van der Waals surface area (Å²) in [6, 6.07) is 0. The number of hydrogen-bond donors (Lipinski definition) is 4. The molecule has 0 aromatic carbocycles. The topological polar surface area (TPSA) is 181 Å². The molecule has 0 spiro atoms. The normalized spacial score (nSPS) is 27.5. The largest absolute Gasteiger partial charge is 0.445 e. The maximum absolute atomic E-state index is 12.5. The first-order valence-electron chi connectivity index (χ1n) is 13.7. The predicted octanol–water partition coefficient (Wildman–Crippen LogP) is -0.542. The molecule has 3 aliphatic heterocycles. The maximum Gasteiger partial charge on any atom is 0.410 e. The molecule has 0 radical (unpaired) electrons. The van der Waals surface area contributed by atoms with Gasteiger partial charge in [0.1, 0.15) is 23.8 Å². The van der Waals surface area contributed by atoms with Crippen molar-refractivity contribution in [3.8, 4) is 11.8 Å². The Morgan fingerprint density at radius 3 is 2.67 bits per heavy atom. The van der Waals surface area contributed by atoms with Crippen molar-refractivity contribution in [1.29, 1.82) is 0 Å². The molecule has 0 bridgehead atoms. The molecular formula is C26H36N8O6. The van der Waals surface area contributed by atoms with Crippen LogP contribution in [0.25, 0.3) is 11.2 Å². The van der Waals surface area contributed by atoms with Crippen molar-refractivity contribution in [2.75, 3.05) is 45.5 Å². The Morgan fingerprint density at radius 2 is 1.98 bits per heavy atom. The van der Waals surface area contributed by atoms with Crippen LogP contribution < -0.4 is 11.1 Å². The van der Waals surface area contributed by atoms with Gasteiger partial charge in [-0.05, 0) is 45.1 Å². The molecular weight excluding hydrogens is 520 g/mol. The summed E-state index contributed by atoms with van der Waals surface area (Å²) in [6.07, 6.45) is -0.909. The van der Waals surface area contributed by atoms with Crippen molar-refractivity contribution in [3.63, 3.8) is 0 Å². The molecule has 3 saturated heterocycles. The molecule has 1 unspecified atom stereocenters. The lowest BCUT2D eigenvalue weighted by Gasteiger charge is -2.31. The molecule has 0 saturated carbocycles. The summed E-state index contributed by atoms with van der Waals surface area (Å²) in [7, 11) is 2.02. The lowest BCUT2D eigenvalue weighted by Crippen LogP contribution is -2.42. The van der Waals surface area contributed by atoms with Crippen LogP contribution in [0.2, 0.25) is 0 Å². The maximum atomic E-state index is 12.5. The lowest BCUT2D eigenvalue weighted by atomic mass is 9.94. The highest BCUT2D eigenvalue weighted by atomic mass is 16.6. The van der Waals surface area contributed by atoms with Gasteiger partial charge in [-0.3, -0.25) is 9.36 Å². The minimum Gasteiger partial charge on any atom is -0.445 e. The van der Waals surface area contributed by atoms with Gasteiger partial charge in [0.2, 0.25) is 5.82 Å². The van der Waals surface area contributed by atoms with Gasteiger partial charge in [0.05, 0.1) is 6.33 Å². The summed E-state index contributed by atoms with van der Waals surface area (Å²) in [5.41, 5.74) is 6.67. The summed E-state index contributed by atoms with van der Waals surface area (Å²) in [6.45, 7) is 5.10. The number of carbonyl (C=O) groups excluding carboxylic acids is 2. The van der Waals surface area contributed by atoms with Gasteiger partial charge in [0.15, 0.2) is 23.8 Å². The highest BCUT2D eigenvalue weighted by Gasteiger charge is 2.47. The number of fused-ring (bicyclic) bond motifs is 1. The van der Waals surface area contributed by atoms with Crippen LogP contribution in [-0.2, 0) is 14.3 Å². The summed E-state index contributed by atoms with van der Waals surface area (Å²) in [5.74, 6) is 6.20. The van der Waals surface area contributed by atoms with E-state index in [-0.39, 0.29) is 29.5 Å². The number of aliphatic hydroxyl groups excluding tert-OH is 2. The molecule has 216 valence electrons. The summed E-state index contributed by atoms with van der Waals surface area (Å²) >= 11 is 0. The van der Waals surface area contributed by atoms with E-state index in [1.807, 2.05) is 7.05 Å². The van der Waals surface area contributed by atoms with E-state index in [1.54, 1.807) is 11.8 Å². The lowest BCUT2D eigenvalue weighted by molar-refractivity contribution is -0.137. The van der Waals surface area contributed by atoms with Crippen molar-refractivity contribution >= 4 is 29.0 Å². The monoisotopic (exact) mass is 556 g/mol. The second-order valence-electron chi connectivity index (χ2n) is 10.6. The quantitative estimate of drug-likeness (QED) is 0.347. The van der Waals surface area contributed by atoms with Crippen molar-refractivity contribution in [2.24, 2.45) is 5.92 Å². The molecule has 5 atom stereocenters. The number of piperidine rings is 1. The van der Waals surface area contributed by atoms with Gasteiger partial charge in [-0.1, -0.05) is 5.92 Å². The second-order valence-corrected chi connectivity index (χ2v) is 10.6. The van der Waals surface area contributed by atoms with Crippen LogP contribution in [-0.4, -0.2) is 116 Å². The van der Waals surface area contributed by atoms with Crippen LogP contribution in [0, 0.1) is 17.8 Å². The number of likely N-dealkylation sites (N-methyl/N-ethyl adjacent to an activating group) is 2. The molecule has 14 heteroatoms. The number of rotatable bonds is 5. The number of aliphatic hydroxyl groups is 2. The zero-order valence-corrected chi connectivity index (χ0v) is 22.7. The molecule has 2 aromatic heterocycles. The molecule has 0 aliphatic carbocycles. The average molecular weight is 557 g/mol. The number of carbonyl (C=O) groups is 2. The molecule has 2 amide bonds. The molecule has 5 heterocycles. The van der Waals surface area contributed by atoms with E-state index >= 15 is 0 Å². The van der Waals surface area contributed by atoms with Gasteiger partial charge in [0, 0.05) is 39.1 Å². The van der Waals surface area contributed by atoms with E-state index in [0.29, 0.717) is 37.5 Å². The Labute approximate surface area is 231 Å². The number of nitrogens with two attached hydrogens (primary N) is 1. The first-order chi connectivity index (χ1) is 19.2. The standard InChI is InChI=1S/C26H36N8O6/c1-3-28-24(37)21-19(35)20(36)25(40-21)34-14-29-18-22(27)30-17(31-23(18)34)6-4-5-15-7-11-33(12-8-15)26(38)39-16-9-10-32(2)13-16/h14-16,19-21,25,35-36H,3,5,7-13H2,1-2H3,(H,28,37)(H2,27,30,31)/t16?,19-,20+,21-,25+/m0/s1. The molecule has 14 nitrogen and oxygen atoms in total. The zero-order chi connectivity index (χ0) is 28.4. The van der Waals surface area contributed by atoms with Crippen LogP contribution in [0.15, 0.2) is 6.33 Å². The van der Waals surface area contributed by atoms with Crippen molar-refractivity contribution in [1.82, 2.24) is 34.6 Å². The highest BCUT2D eigenvalue weighted by Crippen LogP contribution is 2.32. The molecule has 40 heavy (non-hydrogen) atoms. The Morgan fingerprint density at radius 1 is 1.20 bits per heavy atom. The van der Waals surface area contributed by atoms with Gasteiger partial charge in [-0.2, -0.15) is 0 Å². The molecule has 5 rings (SSSR count). The van der Waals surface area contributed by atoms with Crippen LogP contribution >= 0.6 is 0 Å². The van der Waals surface area contributed by atoms with Crippen LogP contribution in [0.5, 0.6) is 0 Å². The smallest absolute Gasteiger partial charge is 0.410 e. The first-order valence-corrected chi connectivity index (χ1v) is 13.7. The fraction of sp³-hybridized carbons (Fsp3) is 0.654. The third kappa shape index (κ3) is 5.83. The Bertz CT molecular complexity index is 1300. The van der Waals surface area contributed by atoms with Gasteiger partial charge >= 0.3 is 6.09 Å². The van der Waals surface area contributed by atoms with E-state index < -0.39 is 30.4 Å². The second kappa shape index (κ2) is 11.9. The third-order valence-corrected chi connectivity index (χ3v) is 7.65. The van der Waals surface area contributed by atoms with Crippen LogP contribution in [0.3, 0.4) is 0 Å². The van der Waals surface area contributed by atoms with Crippen LogP contribution in [0.1, 0.15) is 44.7 Å². The van der Waals surface area contributed by atoms with Crippen molar-refractivity contribution in [3.05, 3.63) is 12.2 Å². The summed E-state index contributed by atoms with van der Waals surface area (Å²) in [5, 5.41) is 23.6. The molecule has 2 aromatic rings. The Kier molecular flexibility index (Phi) is 8.36. The number of amides is 2. The average Bonchev–Trinajstić information content (AvgIpc) is 3.62. The Hall–Kier alpha value is -3.51. The van der Waals surface area contributed by atoms with E-state index in [0.717, 1.165) is 32.4 Å². The number of anilines is 1. The van der Waals surface area contributed by atoms with E-state index in [1.165, 1.54) is 10.9 Å². The van der Waals surface area contributed by atoms with Gasteiger partial charge in [-0.25, -0.2) is 19.7 Å². The van der Waals surface area contributed by atoms with E-state index in [9.17, 15) is 19.8 Å². The first kappa shape index (κ1) is 28.0. The number of hydrogen-bond acceptors (Lipinski definition) is 11. The van der Waals surface area contributed by atoms with E-state index in [4.69, 9.17) is 15.2 Å². The fourth-order valence-corrected chi connectivity index (χ4v) is 5.36. The minimum atomic E-state index is -1.43. The number of ether oxygens (including phenoxy) is 2. The minimum absolute atomic E-state index is 0.0299. The molecule has 5 N–H and O–H groups in total. The summed E-state index contributed by atoms with van der Waals surface area (Å²) in [4.78, 5) is 41.6. The SMILES string of the molecule is CCNC(=O)[C@H]1O[C@@H](n2cnc3c(N)nc(C#CCC4CCN(C(=O)OC5CCN(C)C5)CC4)nc32)[C@H](O)[C@@H]1O. The van der Waals surface area contributed by atoms with E-state index in [2.05, 4.69) is 37.0 Å². The van der Waals surface area contributed by atoms with Gasteiger partial charge in [0.25, 0.3) is 5.91 Å². The third-order valence-electron chi connectivity index (χ3n) is 7.65. The van der Waals surface area contributed by atoms with Crippen molar-refractivity contribution < 1.29 is 29.3 Å². The number of imidazole rings is 1. The number of aromatic nitrogens is 4. The molecule has 3 fully saturated rings. The molecule has 3 aliphatic rings. The predicted molar refractivity (Wildman–Crippen MR) is 143 cm³/mol. The number of likely N-dealkylation sites (tertiary alicyclic amines) is 2. The van der Waals surface area contributed by atoms with Gasteiger partial charge < -0.3 is 40.5 Å². The zero-order valence-electron chi connectivity index (χ0n) is 22.7. The summed E-state index contributed by atoms with van der Waals surface area (Å²) < 4.78 is 12.8. The van der Waals surface area contributed by atoms with Crippen LogP contribution in [0.4, 0.5) is 10.6 Å². The Balaban J connectivity index is 1.21. The van der Waals surface area contributed by atoms with Gasteiger partial charge in [-0.15, -0.1) is 0 Å². The number of nitrogen functional groups attached to an aromatic ring is 1. The van der Waals surface area contributed by atoms with Crippen molar-refractivity contribution in [2.45, 2.75) is 63.3 Å². The number of nitrogens with one attached hydrogen (secondary N) is 1. The number of nitrogens with zero attached hydrogens (tertiary/aromatic N) is 6. The highest BCUT2D eigenvalue weighted by molar-refractivity contribution is 5.83. The fourth-order valence-electron chi connectivity index (χ4n) is 5.36.